The zero-order valence-corrected chi connectivity index (χ0v) is 13.2. The van der Waals surface area contributed by atoms with Gasteiger partial charge in [-0.3, -0.25) is 9.78 Å². The molecule has 0 fully saturated rings. The maximum absolute atomic E-state index is 13.7. The molecule has 0 atom stereocenters. The number of aliphatic hydroxyl groups is 1. The summed E-state index contributed by atoms with van der Waals surface area (Å²) in [6.07, 6.45) is 0.648. The van der Waals surface area contributed by atoms with Crippen LogP contribution in [0.3, 0.4) is 0 Å². The van der Waals surface area contributed by atoms with Crippen LogP contribution in [0.5, 0.6) is 5.75 Å². The van der Waals surface area contributed by atoms with Gasteiger partial charge in [-0.25, -0.2) is 4.39 Å². The highest BCUT2D eigenvalue weighted by molar-refractivity contribution is 7.71. The summed E-state index contributed by atoms with van der Waals surface area (Å²) in [4.78, 5) is 14.3. The molecule has 0 aliphatic rings. The molecule has 1 aromatic heterocycles. The Bertz CT molecular complexity index is 788. The maximum Gasteiger partial charge on any atom is 0.252 e. The van der Waals surface area contributed by atoms with Crippen LogP contribution in [0.1, 0.15) is 6.42 Å². The molecule has 6 nitrogen and oxygen atoms in total. The first kappa shape index (κ1) is 17.3. The van der Waals surface area contributed by atoms with Crippen LogP contribution >= 0.6 is 12.2 Å². The van der Waals surface area contributed by atoms with E-state index in [2.05, 4.69) is 4.98 Å². The summed E-state index contributed by atoms with van der Waals surface area (Å²) >= 11 is 5.20. The van der Waals surface area contributed by atoms with Gasteiger partial charge in [0, 0.05) is 18.2 Å². The van der Waals surface area contributed by atoms with Crippen LogP contribution in [0.15, 0.2) is 29.1 Å². The first-order chi connectivity index (χ1) is 11.1. The maximum atomic E-state index is 13.7. The number of H-pyrrole nitrogens is 1. The molecule has 0 saturated carbocycles. The van der Waals surface area contributed by atoms with E-state index in [9.17, 15) is 9.18 Å². The van der Waals surface area contributed by atoms with Crippen molar-refractivity contribution in [3.8, 4) is 17.0 Å². The second-order valence-corrected chi connectivity index (χ2v) is 5.22. The number of ether oxygens (including phenoxy) is 1. The minimum atomic E-state index is -0.465. The van der Waals surface area contributed by atoms with Crippen molar-refractivity contribution >= 4 is 12.2 Å². The lowest BCUT2D eigenvalue weighted by Crippen LogP contribution is -2.17. The Balaban J connectivity index is 2.62. The molecule has 2 rings (SSSR count). The summed E-state index contributed by atoms with van der Waals surface area (Å²) in [6, 6.07) is 5.32. The minimum absolute atomic E-state index is 0.0609. The predicted octanol–water partition coefficient (Wildman–Crippen LogP) is 1.43. The topological polar surface area (TPSA) is 93.3 Å². The summed E-state index contributed by atoms with van der Waals surface area (Å²) in [5.41, 5.74) is 5.99. The number of rotatable bonds is 7. The molecule has 0 unspecified atom stereocenters. The minimum Gasteiger partial charge on any atom is -0.490 e. The zero-order chi connectivity index (χ0) is 16.8. The number of hydrogen-bond acceptors (Lipinski definition) is 5. The SMILES string of the molecule is NCCCn1c(-c2cc(F)ccc2OCCO)cc(=O)[nH]c1=S. The van der Waals surface area contributed by atoms with E-state index >= 15 is 0 Å². The van der Waals surface area contributed by atoms with Crippen molar-refractivity contribution in [3.05, 3.63) is 45.2 Å². The van der Waals surface area contributed by atoms with Crippen molar-refractivity contribution in [2.24, 2.45) is 5.73 Å². The van der Waals surface area contributed by atoms with Crippen molar-refractivity contribution in [3.63, 3.8) is 0 Å². The molecule has 23 heavy (non-hydrogen) atoms. The normalized spacial score (nSPS) is 10.7. The fourth-order valence-corrected chi connectivity index (χ4v) is 2.49. The Morgan fingerprint density at radius 1 is 1.39 bits per heavy atom. The molecule has 0 aliphatic heterocycles. The molecular formula is C15H18FN3O3S. The zero-order valence-electron chi connectivity index (χ0n) is 12.4. The molecule has 0 amide bonds. The molecule has 0 spiro atoms. The summed E-state index contributed by atoms with van der Waals surface area (Å²) in [5.74, 6) is -0.102. The third-order valence-electron chi connectivity index (χ3n) is 3.19. The molecule has 124 valence electrons. The first-order valence-corrected chi connectivity index (χ1v) is 7.55. The molecule has 2 aromatic rings. The smallest absolute Gasteiger partial charge is 0.252 e. The Hall–Kier alpha value is -2.03. The number of nitrogens with two attached hydrogens (primary N) is 1. The van der Waals surface area contributed by atoms with Gasteiger partial charge in [0.15, 0.2) is 4.77 Å². The highest BCUT2D eigenvalue weighted by Crippen LogP contribution is 2.30. The Kier molecular flexibility index (Phi) is 6.03. The molecule has 0 bridgehead atoms. The summed E-state index contributed by atoms with van der Waals surface area (Å²) < 4.78 is 21.0. The molecule has 0 saturated heterocycles. The highest BCUT2D eigenvalue weighted by atomic mass is 32.1. The standard InChI is InChI=1S/C15H18FN3O3S/c16-10-2-3-13(22-7-6-20)11(8-10)12-9-14(21)18-15(23)19(12)5-1-4-17/h2-3,8-9,20H,1,4-7,17H2,(H,18,21,23). The fourth-order valence-electron chi connectivity index (χ4n) is 2.20. The van der Waals surface area contributed by atoms with Gasteiger partial charge in [0.2, 0.25) is 0 Å². The van der Waals surface area contributed by atoms with Gasteiger partial charge in [-0.1, -0.05) is 0 Å². The second-order valence-electron chi connectivity index (χ2n) is 4.83. The molecule has 1 heterocycles. The predicted molar refractivity (Wildman–Crippen MR) is 87.5 cm³/mol. The van der Waals surface area contributed by atoms with Crippen molar-refractivity contribution in [1.29, 1.82) is 0 Å². The molecule has 8 heteroatoms. The van der Waals surface area contributed by atoms with Crippen LogP contribution in [-0.2, 0) is 6.54 Å². The van der Waals surface area contributed by atoms with Crippen molar-refractivity contribution in [1.82, 2.24) is 9.55 Å². The van der Waals surface area contributed by atoms with Crippen LogP contribution in [0.2, 0.25) is 0 Å². The van der Waals surface area contributed by atoms with E-state index in [1.165, 1.54) is 24.3 Å². The Morgan fingerprint density at radius 2 is 2.17 bits per heavy atom. The lowest BCUT2D eigenvalue weighted by molar-refractivity contribution is 0.201. The molecular weight excluding hydrogens is 321 g/mol. The Morgan fingerprint density at radius 3 is 2.87 bits per heavy atom. The third-order valence-corrected chi connectivity index (χ3v) is 3.51. The number of aromatic amines is 1. The average Bonchev–Trinajstić information content (AvgIpc) is 2.52. The number of halogens is 1. The van der Waals surface area contributed by atoms with E-state index in [1.54, 1.807) is 4.57 Å². The molecule has 1 aromatic carbocycles. The van der Waals surface area contributed by atoms with Gasteiger partial charge in [0.05, 0.1) is 12.3 Å². The molecule has 0 radical (unpaired) electrons. The lowest BCUT2D eigenvalue weighted by Gasteiger charge is -2.16. The van der Waals surface area contributed by atoms with Gasteiger partial charge in [-0.05, 0) is 43.4 Å². The van der Waals surface area contributed by atoms with E-state index < -0.39 is 5.82 Å². The fraction of sp³-hybridized carbons (Fsp3) is 0.333. The number of nitrogens with zero attached hydrogens (tertiary/aromatic N) is 1. The number of nitrogens with one attached hydrogen (secondary N) is 1. The number of aromatic nitrogens is 2. The van der Waals surface area contributed by atoms with Gasteiger partial charge in [0.25, 0.3) is 5.56 Å². The van der Waals surface area contributed by atoms with E-state index in [4.69, 9.17) is 27.8 Å². The Labute approximate surface area is 137 Å². The van der Waals surface area contributed by atoms with Gasteiger partial charge in [-0.2, -0.15) is 0 Å². The van der Waals surface area contributed by atoms with E-state index in [0.717, 1.165) is 0 Å². The molecule has 0 aliphatic carbocycles. The first-order valence-electron chi connectivity index (χ1n) is 7.14. The monoisotopic (exact) mass is 339 g/mol. The van der Waals surface area contributed by atoms with Crippen molar-refractivity contribution < 1.29 is 14.2 Å². The van der Waals surface area contributed by atoms with Gasteiger partial charge < -0.3 is 20.1 Å². The lowest BCUT2D eigenvalue weighted by atomic mass is 10.1. The van der Waals surface area contributed by atoms with Crippen LogP contribution in [0.4, 0.5) is 4.39 Å². The average molecular weight is 339 g/mol. The van der Waals surface area contributed by atoms with Crippen LogP contribution < -0.4 is 16.0 Å². The second kappa shape index (κ2) is 8.00. The van der Waals surface area contributed by atoms with E-state index in [-0.39, 0.29) is 23.5 Å². The van der Waals surface area contributed by atoms with Gasteiger partial charge in [-0.15, -0.1) is 0 Å². The van der Waals surface area contributed by atoms with Crippen LogP contribution in [0, 0.1) is 10.6 Å². The van der Waals surface area contributed by atoms with Crippen LogP contribution in [0.25, 0.3) is 11.3 Å². The van der Waals surface area contributed by atoms with Gasteiger partial charge >= 0.3 is 0 Å². The van der Waals surface area contributed by atoms with E-state index in [0.29, 0.717) is 36.5 Å². The largest absolute Gasteiger partial charge is 0.490 e. The van der Waals surface area contributed by atoms with Crippen molar-refractivity contribution in [2.45, 2.75) is 13.0 Å². The number of aliphatic hydroxyl groups excluding tert-OH is 1. The third kappa shape index (κ3) is 4.25. The summed E-state index contributed by atoms with van der Waals surface area (Å²) in [5, 5.41) is 8.91. The van der Waals surface area contributed by atoms with E-state index in [1.807, 2.05) is 0 Å². The summed E-state index contributed by atoms with van der Waals surface area (Å²) in [6.45, 7) is 0.825. The number of benzene rings is 1. The number of hydrogen-bond donors (Lipinski definition) is 3. The molecule has 4 N–H and O–H groups in total. The van der Waals surface area contributed by atoms with Crippen LogP contribution in [-0.4, -0.2) is 34.4 Å². The van der Waals surface area contributed by atoms with Crippen molar-refractivity contribution in [2.75, 3.05) is 19.8 Å². The quantitative estimate of drug-likeness (QED) is 0.664. The highest BCUT2D eigenvalue weighted by Gasteiger charge is 2.13. The van der Waals surface area contributed by atoms with Gasteiger partial charge in [0.1, 0.15) is 18.2 Å². The summed E-state index contributed by atoms with van der Waals surface area (Å²) in [7, 11) is 0.